The summed E-state index contributed by atoms with van der Waals surface area (Å²) in [4.78, 5) is 0. The molecule has 0 saturated heterocycles. The lowest BCUT2D eigenvalue weighted by atomic mass is 9.84. The lowest BCUT2D eigenvalue weighted by molar-refractivity contribution is -0.326. The second-order valence-electron chi connectivity index (χ2n) is 3.00. The van der Waals surface area contributed by atoms with Crippen LogP contribution >= 0.6 is 0 Å². The molecule has 1 unspecified atom stereocenters. The van der Waals surface area contributed by atoms with E-state index >= 15 is 0 Å². The maximum Gasteiger partial charge on any atom is 0.453 e. The number of hydrogen-bond donors (Lipinski definition) is 2. The van der Waals surface area contributed by atoms with Crippen LogP contribution in [-0.4, -0.2) is 30.4 Å². The molecule has 0 radical (unpaired) electrons. The largest absolute Gasteiger partial charge is 0.453 e. The van der Waals surface area contributed by atoms with E-state index in [0.29, 0.717) is 6.92 Å². The molecule has 13 heavy (non-hydrogen) atoms. The average Bonchev–Trinajstić information content (AvgIpc) is 2.00. The molecular formula is C6H10F5NO. The van der Waals surface area contributed by atoms with Crippen LogP contribution in [-0.2, 0) is 0 Å². The minimum Gasteiger partial charge on any atom is -0.396 e. The van der Waals surface area contributed by atoms with E-state index in [-0.39, 0.29) is 0 Å². The number of alkyl halides is 5. The maximum absolute atomic E-state index is 12.6. The molecule has 0 aromatic carbocycles. The molecule has 0 rings (SSSR count). The molecule has 80 valence electrons. The molecule has 0 aliphatic heterocycles. The van der Waals surface area contributed by atoms with Crippen LogP contribution in [0.3, 0.4) is 0 Å². The van der Waals surface area contributed by atoms with Gasteiger partial charge < -0.3 is 10.8 Å². The second kappa shape index (κ2) is 3.38. The summed E-state index contributed by atoms with van der Waals surface area (Å²) >= 11 is 0. The fraction of sp³-hybridized carbons (Fsp3) is 1.00. The molecule has 0 bridgehead atoms. The van der Waals surface area contributed by atoms with E-state index < -0.39 is 30.7 Å². The molecule has 0 spiro atoms. The van der Waals surface area contributed by atoms with Crippen LogP contribution in [0.4, 0.5) is 22.0 Å². The Morgan fingerprint density at radius 1 is 1.15 bits per heavy atom. The van der Waals surface area contributed by atoms with Crippen molar-refractivity contribution in [1.82, 2.24) is 0 Å². The first-order chi connectivity index (χ1) is 5.62. The molecule has 0 aliphatic rings. The Kier molecular flexibility index (Phi) is 3.26. The van der Waals surface area contributed by atoms with Crippen LogP contribution in [0.1, 0.15) is 6.92 Å². The van der Waals surface area contributed by atoms with E-state index in [2.05, 4.69) is 0 Å². The van der Waals surface area contributed by atoms with Crippen molar-refractivity contribution in [2.24, 2.45) is 11.1 Å². The topological polar surface area (TPSA) is 46.2 Å². The Labute approximate surface area is 71.5 Å². The highest BCUT2D eigenvalue weighted by atomic mass is 19.4. The van der Waals surface area contributed by atoms with Gasteiger partial charge in [-0.1, -0.05) is 6.92 Å². The molecular weight excluding hydrogens is 197 g/mol. The van der Waals surface area contributed by atoms with Gasteiger partial charge in [0.25, 0.3) is 0 Å². The maximum atomic E-state index is 12.6. The molecule has 0 amide bonds. The molecule has 3 N–H and O–H groups in total. The van der Waals surface area contributed by atoms with Gasteiger partial charge in [-0.05, 0) is 0 Å². The summed E-state index contributed by atoms with van der Waals surface area (Å²) < 4.78 is 60.6. The van der Waals surface area contributed by atoms with Gasteiger partial charge in [-0.25, -0.2) is 0 Å². The molecule has 0 heterocycles. The summed E-state index contributed by atoms with van der Waals surface area (Å²) in [7, 11) is 0. The van der Waals surface area contributed by atoms with Crippen LogP contribution in [0.15, 0.2) is 0 Å². The van der Waals surface area contributed by atoms with Crippen LogP contribution in [0, 0.1) is 5.41 Å². The first-order valence-corrected chi connectivity index (χ1v) is 3.38. The highest BCUT2D eigenvalue weighted by Gasteiger charge is 2.67. The molecule has 0 aromatic rings. The van der Waals surface area contributed by atoms with E-state index in [4.69, 9.17) is 10.8 Å². The minimum atomic E-state index is -5.69. The molecule has 0 aromatic heterocycles. The van der Waals surface area contributed by atoms with Gasteiger partial charge in [0.1, 0.15) is 0 Å². The van der Waals surface area contributed by atoms with Crippen molar-refractivity contribution in [3.8, 4) is 0 Å². The van der Waals surface area contributed by atoms with Gasteiger partial charge in [-0.3, -0.25) is 0 Å². The number of nitrogens with two attached hydrogens (primary N) is 1. The second-order valence-corrected chi connectivity index (χ2v) is 3.00. The zero-order valence-electron chi connectivity index (χ0n) is 6.83. The van der Waals surface area contributed by atoms with Crippen molar-refractivity contribution >= 4 is 0 Å². The molecule has 0 fully saturated rings. The SMILES string of the molecule is CC(CN)(CO)C(F)(F)C(F)(F)F. The number of rotatable bonds is 3. The van der Waals surface area contributed by atoms with Crippen LogP contribution < -0.4 is 5.73 Å². The van der Waals surface area contributed by atoms with E-state index in [1.165, 1.54) is 0 Å². The van der Waals surface area contributed by atoms with E-state index in [9.17, 15) is 22.0 Å². The Balaban J connectivity index is 5.00. The van der Waals surface area contributed by atoms with Crippen LogP contribution in [0.2, 0.25) is 0 Å². The van der Waals surface area contributed by atoms with Gasteiger partial charge in [-0.2, -0.15) is 22.0 Å². The van der Waals surface area contributed by atoms with Gasteiger partial charge in [-0.15, -0.1) is 0 Å². The Bertz CT molecular complexity index is 174. The van der Waals surface area contributed by atoms with Gasteiger partial charge in [0.2, 0.25) is 0 Å². The van der Waals surface area contributed by atoms with Crippen molar-refractivity contribution in [3.63, 3.8) is 0 Å². The lowest BCUT2D eigenvalue weighted by Crippen LogP contribution is -2.55. The minimum absolute atomic E-state index is 0.584. The Hall–Kier alpha value is -0.430. The fourth-order valence-corrected chi connectivity index (χ4v) is 0.634. The normalized spacial score (nSPS) is 18.5. The summed E-state index contributed by atoms with van der Waals surface area (Å²) in [5.41, 5.74) is 2.10. The van der Waals surface area contributed by atoms with Crippen molar-refractivity contribution < 1.29 is 27.1 Å². The van der Waals surface area contributed by atoms with E-state index in [0.717, 1.165) is 0 Å². The molecule has 2 nitrogen and oxygen atoms in total. The van der Waals surface area contributed by atoms with Crippen molar-refractivity contribution in [3.05, 3.63) is 0 Å². The van der Waals surface area contributed by atoms with Crippen LogP contribution in [0.5, 0.6) is 0 Å². The standard InChI is InChI=1S/C6H10F5NO/c1-4(2-12,3-13)5(7,8)6(9,10)11/h13H,2-3,12H2,1H3. The number of hydrogen-bond acceptors (Lipinski definition) is 2. The highest BCUT2D eigenvalue weighted by molar-refractivity contribution is 4.94. The third-order valence-electron chi connectivity index (χ3n) is 1.91. The summed E-state index contributed by atoms with van der Waals surface area (Å²) in [5, 5.41) is 8.42. The summed E-state index contributed by atoms with van der Waals surface area (Å²) in [6.07, 6.45) is -5.69. The summed E-state index contributed by atoms with van der Waals surface area (Å²) in [5.74, 6) is -4.98. The third kappa shape index (κ3) is 1.91. The van der Waals surface area contributed by atoms with E-state index in [1.54, 1.807) is 0 Å². The zero-order valence-corrected chi connectivity index (χ0v) is 6.83. The van der Waals surface area contributed by atoms with Crippen molar-refractivity contribution in [2.75, 3.05) is 13.2 Å². The zero-order chi connectivity index (χ0) is 10.9. The van der Waals surface area contributed by atoms with Crippen LogP contribution in [0.25, 0.3) is 0 Å². The molecule has 0 saturated carbocycles. The van der Waals surface area contributed by atoms with Gasteiger partial charge >= 0.3 is 12.1 Å². The number of aliphatic hydroxyl groups is 1. The van der Waals surface area contributed by atoms with Crippen molar-refractivity contribution in [1.29, 1.82) is 0 Å². The van der Waals surface area contributed by atoms with Gasteiger partial charge in [0.05, 0.1) is 12.0 Å². The predicted molar refractivity (Wildman–Crippen MR) is 35.2 cm³/mol. The molecule has 0 aliphatic carbocycles. The number of aliphatic hydroxyl groups excluding tert-OH is 1. The lowest BCUT2D eigenvalue weighted by Gasteiger charge is -2.35. The summed E-state index contributed by atoms with van der Waals surface area (Å²) in [6.45, 7) is -1.69. The predicted octanol–water partition coefficient (Wildman–Crippen LogP) is 1.14. The average molecular weight is 207 g/mol. The first-order valence-electron chi connectivity index (χ1n) is 3.38. The quantitative estimate of drug-likeness (QED) is 0.681. The monoisotopic (exact) mass is 207 g/mol. The molecule has 1 atom stereocenters. The highest BCUT2D eigenvalue weighted by Crippen LogP contribution is 2.47. The first kappa shape index (κ1) is 12.6. The smallest absolute Gasteiger partial charge is 0.396 e. The Morgan fingerprint density at radius 3 is 1.62 bits per heavy atom. The fourth-order valence-electron chi connectivity index (χ4n) is 0.634. The van der Waals surface area contributed by atoms with Gasteiger partial charge in [0.15, 0.2) is 0 Å². The Morgan fingerprint density at radius 2 is 1.54 bits per heavy atom. The van der Waals surface area contributed by atoms with Crippen molar-refractivity contribution in [2.45, 2.75) is 19.0 Å². The summed E-state index contributed by atoms with van der Waals surface area (Å²) in [6, 6.07) is 0. The number of halogens is 5. The third-order valence-corrected chi connectivity index (χ3v) is 1.91. The molecule has 7 heteroatoms. The van der Waals surface area contributed by atoms with Gasteiger partial charge in [0, 0.05) is 6.54 Å². The van der Waals surface area contributed by atoms with E-state index in [1.807, 2.05) is 0 Å².